The predicted molar refractivity (Wildman–Crippen MR) is 78.7 cm³/mol. The number of carbonyl (C=O) groups is 3. The first-order valence-electron chi connectivity index (χ1n) is 6.12. The number of urea groups is 1. The average Bonchev–Trinajstić information content (AvgIpc) is 2.74. The summed E-state index contributed by atoms with van der Waals surface area (Å²) in [5.74, 6) is -1.54. The van der Waals surface area contributed by atoms with Gasteiger partial charge in [-0.2, -0.15) is 0 Å². The number of para-hydroxylation sites is 1. The molecule has 1 N–H and O–H groups in total. The van der Waals surface area contributed by atoms with Crippen molar-refractivity contribution in [3.8, 4) is 0 Å². The Morgan fingerprint density at radius 2 is 1.67 bits per heavy atom. The molecule has 104 valence electrons. The molecule has 3 amide bonds. The number of nitrogens with zero attached hydrogens (tertiary/aromatic N) is 1. The molecule has 21 heavy (non-hydrogen) atoms. The van der Waals surface area contributed by atoms with Crippen molar-refractivity contribution in [2.24, 2.45) is 0 Å². The molecule has 1 aliphatic heterocycles. The molecule has 0 saturated carbocycles. The van der Waals surface area contributed by atoms with Gasteiger partial charge >= 0.3 is 11.9 Å². The predicted octanol–water partition coefficient (Wildman–Crippen LogP) is 3.10. The minimum atomic E-state index is -0.859. The molecular formula is C15H9ClN2O3. The van der Waals surface area contributed by atoms with Crippen LogP contribution in [0, 0.1) is 0 Å². The summed E-state index contributed by atoms with van der Waals surface area (Å²) >= 11 is 5.76. The van der Waals surface area contributed by atoms with Crippen LogP contribution in [-0.4, -0.2) is 17.7 Å². The van der Waals surface area contributed by atoms with Gasteiger partial charge in [-0.1, -0.05) is 23.7 Å². The van der Waals surface area contributed by atoms with E-state index in [1.165, 1.54) is 6.07 Å². The van der Waals surface area contributed by atoms with Crippen molar-refractivity contribution >= 4 is 40.7 Å². The van der Waals surface area contributed by atoms with Crippen molar-refractivity contribution in [2.75, 3.05) is 10.2 Å². The van der Waals surface area contributed by atoms with Crippen LogP contribution >= 0.6 is 11.6 Å². The number of nitrogens with one attached hydrogen (secondary N) is 1. The first kappa shape index (κ1) is 13.3. The summed E-state index contributed by atoms with van der Waals surface area (Å²) in [6.07, 6.45) is 0. The van der Waals surface area contributed by atoms with Gasteiger partial charge in [-0.05, 0) is 36.4 Å². The third kappa shape index (κ3) is 2.28. The highest BCUT2D eigenvalue weighted by atomic mass is 35.5. The van der Waals surface area contributed by atoms with E-state index in [-0.39, 0.29) is 5.56 Å². The minimum Gasteiger partial charge on any atom is -0.307 e. The van der Waals surface area contributed by atoms with Gasteiger partial charge in [0.05, 0.1) is 11.3 Å². The quantitative estimate of drug-likeness (QED) is 0.823. The van der Waals surface area contributed by atoms with Gasteiger partial charge in [-0.25, -0.2) is 9.69 Å². The molecule has 0 spiro atoms. The van der Waals surface area contributed by atoms with Crippen LogP contribution in [0.2, 0.25) is 5.02 Å². The van der Waals surface area contributed by atoms with E-state index in [9.17, 15) is 14.4 Å². The van der Waals surface area contributed by atoms with Crippen LogP contribution < -0.4 is 10.2 Å². The van der Waals surface area contributed by atoms with Gasteiger partial charge in [0.2, 0.25) is 0 Å². The third-order valence-electron chi connectivity index (χ3n) is 3.09. The summed E-state index contributed by atoms with van der Waals surface area (Å²) in [6.45, 7) is 0. The Morgan fingerprint density at radius 1 is 1.00 bits per heavy atom. The monoisotopic (exact) mass is 300 g/mol. The summed E-state index contributed by atoms with van der Waals surface area (Å²) in [5, 5.41) is 3.09. The number of halogens is 1. The summed E-state index contributed by atoms with van der Waals surface area (Å²) in [6, 6.07) is 12.1. The highest BCUT2D eigenvalue weighted by Gasteiger charge is 2.39. The number of carbonyl (C=O) groups excluding carboxylic acids is 3. The van der Waals surface area contributed by atoms with Crippen LogP contribution in [0.3, 0.4) is 0 Å². The van der Waals surface area contributed by atoms with Crippen molar-refractivity contribution in [2.45, 2.75) is 0 Å². The molecule has 0 aliphatic carbocycles. The molecule has 2 aromatic carbocycles. The Balaban J connectivity index is 1.90. The number of amides is 3. The molecule has 0 radical (unpaired) electrons. The lowest BCUT2D eigenvalue weighted by Gasteiger charge is -2.15. The maximum Gasteiger partial charge on any atom is 0.333 e. The Bertz CT molecular complexity index is 756. The molecule has 0 atom stereocenters. The highest BCUT2D eigenvalue weighted by Crippen LogP contribution is 2.29. The minimum absolute atomic E-state index is 0.230. The standard InChI is InChI=1S/C15H9ClN2O3/c16-9-5-7-10(8-6-9)17-15(21)18-12-4-2-1-3-11(12)13(19)14(18)20/h1-8H,(H,17,21). The Hall–Kier alpha value is -2.66. The molecule has 5 nitrogen and oxygen atoms in total. The van der Waals surface area contributed by atoms with E-state index in [0.717, 1.165) is 4.90 Å². The molecule has 0 fully saturated rings. The van der Waals surface area contributed by atoms with Gasteiger partial charge in [-0.15, -0.1) is 0 Å². The molecule has 0 saturated heterocycles. The zero-order valence-electron chi connectivity index (χ0n) is 10.7. The van der Waals surface area contributed by atoms with Crippen LogP contribution in [0.25, 0.3) is 0 Å². The second-order valence-electron chi connectivity index (χ2n) is 4.42. The molecule has 3 rings (SSSR count). The number of rotatable bonds is 1. The SMILES string of the molecule is O=C1C(=O)N(C(=O)Nc2ccc(Cl)cc2)c2ccccc21. The lowest BCUT2D eigenvalue weighted by Crippen LogP contribution is -2.39. The summed E-state index contributed by atoms with van der Waals surface area (Å²) in [5.41, 5.74) is 1.00. The highest BCUT2D eigenvalue weighted by molar-refractivity contribution is 6.56. The zero-order chi connectivity index (χ0) is 15.0. The summed E-state index contributed by atoms with van der Waals surface area (Å²) in [4.78, 5) is 36.8. The number of ketones is 1. The van der Waals surface area contributed by atoms with Crippen molar-refractivity contribution < 1.29 is 14.4 Å². The fraction of sp³-hybridized carbons (Fsp3) is 0. The van der Waals surface area contributed by atoms with Crippen LogP contribution in [-0.2, 0) is 4.79 Å². The molecule has 0 unspecified atom stereocenters. The maximum absolute atomic E-state index is 12.2. The Labute approximate surface area is 125 Å². The molecule has 1 aliphatic rings. The van der Waals surface area contributed by atoms with E-state index >= 15 is 0 Å². The van der Waals surface area contributed by atoms with Gasteiger partial charge in [0, 0.05) is 10.7 Å². The molecular weight excluding hydrogens is 292 g/mol. The van der Waals surface area contributed by atoms with Gasteiger partial charge < -0.3 is 5.32 Å². The average molecular weight is 301 g/mol. The van der Waals surface area contributed by atoms with E-state index in [4.69, 9.17) is 11.6 Å². The zero-order valence-corrected chi connectivity index (χ0v) is 11.4. The molecule has 6 heteroatoms. The Kier molecular flexibility index (Phi) is 3.19. The normalized spacial score (nSPS) is 13.3. The smallest absolute Gasteiger partial charge is 0.307 e. The maximum atomic E-state index is 12.2. The van der Waals surface area contributed by atoms with Crippen molar-refractivity contribution in [1.82, 2.24) is 0 Å². The van der Waals surface area contributed by atoms with Crippen molar-refractivity contribution in [1.29, 1.82) is 0 Å². The van der Waals surface area contributed by atoms with Gasteiger partial charge in [0.1, 0.15) is 0 Å². The molecule has 0 bridgehead atoms. The Morgan fingerprint density at radius 3 is 2.38 bits per heavy atom. The van der Waals surface area contributed by atoms with Gasteiger partial charge in [0.15, 0.2) is 0 Å². The summed E-state index contributed by atoms with van der Waals surface area (Å²) in [7, 11) is 0. The number of benzene rings is 2. The van der Waals surface area contributed by atoms with Crippen molar-refractivity contribution in [3.05, 3.63) is 59.1 Å². The van der Waals surface area contributed by atoms with Gasteiger partial charge in [0.25, 0.3) is 5.78 Å². The van der Waals surface area contributed by atoms with Crippen LogP contribution in [0.4, 0.5) is 16.2 Å². The molecule has 2 aromatic rings. The fourth-order valence-corrected chi connectivity index (χ4v) is 2.23. The number of hydrogen-bond donors (Lipinski definition) is 1. The number of fused-ring (bicyclic) bond motifs is 1. The molecule has 1 heterocycles. The lowest BCUT2D eigenvalue weighted by atomic mass is 10.1. The first-order chi connectivity index (χ1) is 10.1. The summed E-state index contributed by atoms with van der Waals surface area (Å²) < 4.78 is 0. The van der Waals surface area contributed by atoms with Crippen LogP contribution in [0.15, 0.2) is 48.5 Å². The van der Waals surface area contributed by atoms with Crippen LogP contribution in [0.1, 0.15) is 10.4 Å². The number of anilines is 2. The number of hydrogen-bond acceptors (Lipinski definition) is 3. The largest absolute Gasteiger partial charge is 0.333 e. The second-order valence-corrected chi connectivity index (χ2v) is 4.86. The van der Waals surface area contributed by atoms with Gasteiger partial charge in [-0.3, -0.25) is 9.59 Å². The first-order valence-corrected chi connectivity index (χ1v) is 6.50. The lowest BCUT2D eigenvalue weighted by molar-refractivity contribution is -0.113. The molecule has 0 aromatic heterocycles. The van der Waals surface area contributed by atoms with Crippen molar-refractivity contribution in [3.63, 3.8) is 0 Å². The number of imide groups is 1. The second kappa shape index (κ2) is 5.03. The topological polar surface area (TPSA) is 66.5 Å². The van der Waals surface area contributed by atoms with E-state index in [1.807, 2.05) is 0 Å². The van der Waals surface area contributed by atoms with Crippen LogP contribution in [0.5, 0.6) is 0 Å². The van der Waals surface area contributed by atoms with E-state index in [0.29, 0.717) is 16.4 Å². The number of Topliss-reactive ketones (excluding diaryl/α,β-unsaturated/α-hetero) is 1. The third-order valence-corrected chi connectivity index (χ3v) is 3.34. The van der Waals surface area contributed by atoms with E-state index in [2.05, 4.69) is 5.32 Å². The van der Waals surface area contributed by atoms with E-state index in [1.54, 1.807) is 42.5 Å². The fourth-order valence-electron chi connectivity index (χ4n) is 2.10. The van der Waals surface area contributed by atoms with E-state index < -0.39 is 17.7 Å².